The molecule has 2 heteroatoms. The van der Waals surface area contributed by atoms with Crippen molar-refractivity contribution in [2.45, 2.75) is 75.9 Å². The lowest BCUT2D eigenvalue weighted by atomic mass is 9.55. The third kappa shape index (κ3) is 1.12. The summed E-state index contributed by atoms with van der Waals surface area (Å²) in [6, 6.07) is 0. The molecule has 0 N–H and O–H groups in total. The minimum Gasteiger partial charge on any atom is -0.358 e. The molecule has 0 aromatic heterocycles. The Morgan fingerprint density at radius 1 is 1.20 bits per heavy atom. The largest absolute Gasteiger partial charge is 0.358 e. The van der Waals surface area contributed by atoms with Crippen LogP contribution in [-0.4, -0.2) is 17.0 Å². The van der Waals surface area contributed by atoms with E-state index in [0.717, 1.165) is 19.3 Å². The fraction of sp³-hybridized carbons (Fsp3) is 0.833. The Bertz CT molecular complexity index is 536. The highest BCUT2D eigenvalue weighted by atomic mass is 16.6. The molecule has 1 saturated heterocycles. The standard InChI is InChI=1S/C18H24O2/c1-16-10-7-14-12(13(16)4-5-15(16)19)6-11-17-8-2-3-9-18(14,17)20-17/h7,12-13H,2-6,8-11H2,1H3/t12-,13-,16-,17-,18+/m0/s1. The van der Waals surface area contributed by atoms with Gasteiger partial charge >= 0.3 is 0 Å². The van der Waals surface area contributed by atoms with Crippen molar-refractivity contribution in [1.82, 2.24) is 0 Å². The summed E-state index contributed by atoms with van der Waals surface area (Å²) in [6.07, 6.45) is 13.1. The Kier molecular flexibility index (Phi) is 2.04. The molecule has 1 aliphatic heterocycles. The first-order valence-electron chi connectivity index (χ1n) is 8.55. The molecule has 2 nitrogen and oxygen atoms in total. The molecule has 1 heterocycles. The van der Waals surface area contributed by atoms with Gasteiger partial charge in [-0.2, -0.15) is 0 Å². The van der Waals surface area contributed by atoms with Gasteiger partial charge in [0.1, 0.15) is 17.0 Å². The predicted octanol–water partition coefficient (Wildman–Crippen LogP) is 3.79. The molecule has 0 radical (unpaired) electrons. The van der Waals surface area contributed by atoms with Crippen molar-refractivity contribution in [2.24, 2.45) is 17.3 Å². The number of epoxide rings is 1. The van der Waals surface area contributed by atoms with Crippen LogP contribution in [0.4, 0.5) is 0 Å². The number of carbonyl (C=O) groups is 1. The van der Waals surface area contributed by atoms with E-state index in [0.29, 0.717) is 17.6 Å². The Morgan fingerprint density at radius 2 is 2.05 bits per heavy atom. The van der Waals surface area contributed by atoms with E-state index in [4.69, 9.17) is 4.74 Å². The average Bonchev–Trinajstić information content (AvgIpc) is 3.07. The molecule has 0 bridgehead atoms. The number of rotatable bonds is 0. The number of allylic oxidation sites excluding steroid dienone is 1. The first kappa shape index (κ1) is 12.0. The topological polar surface area (TPSA) is 29.6 Å². The first-order valence-corrected chi connectivity index (χ1v) is 8.55. The fourth-order valence-electron chi connectivity index (χ4n) is 6.38. The molecule has 0 spiro atoms. The second-order valence-corrected chi connectivity index (χ2v) is 8.13. The van der Waals surface area contributed by atoms with Crippen molar-refractivity contribution >= 4 is 5.78 Å². The second kappa shape index (κ2) is 3.40. The summed E-state index contributed by atoms with van der Waals surface area (Å²) in [4.78, 5) is 12.3. The van der Waals surface area contributed by atoms with Gasteiger partial charge in [0.2, 0.25) is 0 Å². The van der Waals surface area contributed by atoms with E-state index in [2.05, 4.69) is 13.0 Å². The molecule has 0 amide bonds. The van der Waals surface area contributed by atoms with Crippen LogP contribution < -0.4 is 0 Å². The normalized spacial score (nSPS) is 56.2. The van der Waals surface area contributed by atoms with Gasteiger partial charge in [0.05, 0.1) is 0 Å². The zero-order valence-corrected chi connectivity index (χ0v) is 12.4. The minimum absolute atomic E-state index is 0.0473. The Balaban J connectivity index is 1.58. The van der Waals surface area contributed by atoms with Crippen LogP contribution in [0.5, 0.6) is 0 Å². The highest BCUT2D eigenvalue weighted by Gasteiger charge is 2.75. The lowest BCUT2D eigenvalue weighted by Gasteiger charge is -2.46. The molecule has 5 rings (SSSR count). The summed E-state index contributed by atoms with van der Waals surface area (Å²) >= 11 is 0. The van der Waals surface area contributed by atoms with Crippen LogP contribution >= 0.6 is 0 Å². The molecule has 0 unspecified atom stereocenters. The van der Waals surface area contributed by atoms with E-state index in [1.54, 1.807) is 5.57 Å². The van der Waals surface area contributed by atoms with Crippen molar-refractivity contribution in [3.8, 4) is 0 Å². The van der Waals surface area contributed by atoms with Crippen molar-refractivity contribution < 1.29 is 9.53 Å². The van der Waals surface area contributed by atoms with E-state index < -0.39 is 0 Å². The SMILES string of the molecule is C[C@]12CC=C3[C@@H](CC[C@@]45CCCC[C@@]34O5)[C@@H]1CCC2=O. The molecular weight excluding hydrogens is 248 g/mol. The molecule has 3 saturated carbocycles. The van der Waals surface area contributed by atoms with Crippen molar-refractivity contribution in [3.05, 3.63) is 11.6 Å². The van der Waals surface area contributed by atoms with Crippen LogP contribution in [0, 0.1) is 17.3 Å². The number of ether oxygens (including phenoxy) is 1. The first-order chi connectivity index (χ1) is 9.61. The van der Waals surface area contributed by atoms with Gasteiger partial charge in [-0.05, 0) is 55.9 Å². The average molecular weight is 272 g/mol. The van der Waals surface area contributed by atoms with Crippen LogP contribution in [0.25, 0.3) is 0 Å². The lowest BCUT2D eigenvalue weighted by Crippen LogP contribution is -2.46. The van der Waals surface area contributed by atoms with Crippen LogP contribution in [0.3, 0.4) is 0 Å². The van der Waals surface area contributed by atoms with Crippen molar-refractivity contribution in [1.29, 1.82) is 0 Å². The lowest BCUT2D eigenvalue weighted by molar-refractivity contribution is -0.127. The smallest absolute Gasteiger partial charge is 0.139 e. The summed E-state index contributed by atoms with van der Waals surface area (Å²) < 4.78 is 6.44. The second-order valence-electron chi connectivity index (χ2n) is 8.13. The number of fused-ring (bicyclic) bond motifs is 3. The van der Waals surface area contributed by atoms with Gasteiger partial charge in [-0.25, -0.2) is 0 Å². The monoisotopic (exact) mass is 272 g/mol. The number of Topliss-reactive ketones (excluding diaryl/α,β-unsaturated/α-hetero) is 1. The van der Waals surface area contributed by atoms with E-state index in [1.807, 2.05) is 0 Å². The molecular formula is C18H24O2. The zero-order valence-electron chi connectivity index (χ0n) is 12.4. The highest BCUT2D eigenvalue weighted by Crippen LogP contribution is 2.71. The van der Waals surface area contributed by atoms with E-state index in [9.17, 15) is 4.79 Å². The maximum atomic E-state index is 12.3. The van der Waals surface area contributed by atoms with Crippen LogP contribution in [0.1, 0.15) is 64.7 Å². The number of hydrogen-bond donors (Lipinski definition) is 0. The van der Waals surface area contributed by atoms with Gasteiger partial charge in [0.25, 0.3) is 0 Å². The maximum absolute atomic E-state index is 12.3. The Labute approximate surface area is 120 Å². The molecule has 0 aromatic carbocycles. The summed E-state index contributed by atoms with van der Waals surface area (Å²) in [5.41, 5.74) is 1.93. The van der Waals surface area contributed by atoms with Crippen LogP contribution in [0.15, 0.2) is 11.6 Å². The molecule has 0 aromatic rings. The minimum atomic E-state index is -0.0473. The number of hydrogen-bond acceptors (Lipinski definition) is 2. The summed E-state index contributed by atoms with van der Waals surface area (Å²) in [5.74, 6) is 1.77. The van der Waals surface area contributed by atoms with Crippen LogP contribution in [-0.2, 0) is 9.53 Å². The predicted molar refractivity (Wildman–Crippen MR) is 76.3 cm³/mol. The molecule has 4 fully saturated rings. The van der Waals surface area contributed by atoms with Gasteiger partial charge in [-0.1, -0.05) is 25.8 Å². The molecule has 20 heavy (non-hydrogen) atoms. The third-order valence-corrected chi connectivity index (χ3v) is 7.52. The molecule has 4 aliphatic carbocycles. The summed E-state index contributed by atoms with van der Waals surface area (Å²) in [6.45, 7) is 2.23. The number of carbonyl (C=O) groups excluding carboxylic acids is 1. The van der Waals surface area contributed by atoms with Crippen molar-refractivity contribution in [3.63, 3.8) is 0 Å². The van der Waals surface area contributed by atoms with Gasteiger partial charge in [0.15, 0.2) is 0 Å². The van der Waals surface area contributed by atoms with Crippen molar-refractivity contribution in [2.75, 3.05) is 0 Å². The van der Waals surface area contributed by atoms with Gasteiger partial charge in [-0.3, -0.25) is 4.79 Å². The Hall–Kier alpha value is -0.630. The molecule has 5 atom stereocenters. The highest BCUT2D eigenvalue weighted by molar-refractivity contribution is 5.87. The fourth-order valence-corrected chi connectivity index (χ4v) is 6.38. The van der Waals surface area contributed by atoms with E-state index >= 15 is 0 Å². The summed E-state index contributed by atoms with van der Waals surface area (Å²) in [7, 11) is 0. The van der Waals surface area contributed by atoms with E-state index in [1.165, 1.54) is 38.5 Å². The Morgan fingerprint density at radius 3 is 2.95 bits per heavy atom. The van der Waals surface area contributed by atoms with Gasteiger partial charge in [-0.15, -0.1) is 0 Å². The van der Waals surface area contributed by atoms with Gasteiger partial charge < -0.3 is 4.74 Å². The van der Waals surface area contributed by atoms with Crippen LogP contribution in [0.2, 0.25) is 0 Å². The van der Waals surface area contributed by atoms with Gasteiger partial charge in [0, 0.05) is 11.8 Å². The zero-order chi connectivity index (χ0) is 13.6. The maximum Gasteiger partial charge on any atom is 0.139 e. The molecule has 108 valence electrons. The quantitative estimate of drug-likeness (QED) is 0.496. The number of ketones is 1. The van der Waals surface area contributed by atoms with E-state index in [-0.39, 0.29) is 16.6 Å². The third-order valence-electron chi connectivity index (χ3n) is 7.52. The summed E-state index contributed by atoms with van der Waals surface area (Å²) in [5, 5.41) is 0. The molecule has 5 aliphatic rings.